The zero-order valence-electron chi connectivity index (χ0n) is 21.7. The molecule has 1 amide bonds. The van der Waals surface area contributed by atoms with Crippen molar-refractivity contribution in [2.24, 2.45) is 0 Å². The van der Waals surface area contributed by atoms with Crippen LogP contribution < -0.4 is 10.1 Å². The Hall–Kier alpha value is -3.09. The van der Waals surface area contributed by atoms with E-state index in [-0.39, 0.29) is 17.8 Å². The van der Waals surface area contributed by atoms with Crippen LogP contribution in [0.25, 0.3) is 0 Å². The fourth-order valence-corrected chi connectivity index (χ4v) is 6.48. The second-order valence-corrected chi connectivity index (χ2v) is 11.4. The SMILES string of the molecule is C=CCn1c(SCC(=O)Nc2sc3c(c2C#N)CCCCCC3)nnc1C(C)Oc1ccc(C)c(C)c1. The average molecular weight is 536 g/mol. The molecule has 0 fully saturated rings. The number of aromatic nitrogens is 3. The number of nitrogens with one attached hydrogen (secondary N) is 1. The number of allylic oxidation sites excluding steroid dienone is 1. The molecule has 1 unspecified atom stereocenters. The van der Waals surface area contributed by atoms with Crippen LogP contribution in [0.1, 0.15) is 71.7 Å². The Morgan fingerprint density at radius 1 is 1.27 bits per heavy atom. The van der Waals surface area contributed by atoms with Crippen molar-refractivity contribution in [3.05, 3.63) is 63.8 Å². The summed E-state index contributed by atoms with van der Waals surface area (Å²) in [6.45, 7) is 10.4. The van der Waals surface area contributed by atoms with Crippen LogP contribution in [0.5, 0.6) is 5.75 Å². The summed E-state index contributed by atoms with van der Waals surface area (Å²) in [6, 6.07) is 8.34. The van der Waals surface area contributed by atoms with Gasteiger partial charge in [-0.25, -0.2) is 0 Å². The topological polar surface area (TPSA) is 92.8 Å². The Kier molecular flexibility index (Phi) is 9.06. The second kappa shape index (κ2) is 12.4. The smallest absolute Gasteiger partial charge is 0.235 e. The molecule has 1 aliphatic carbocycles. The fraction of sp³-hybridized carbons (Fsp3) is 0.429. The van der Waals surface area contributed by atoms with Crippen LogP contribution in [-0.2, 0) is 24.2 Å². The molecule has 194 valence electrons. The van der Waals surface area contributed by atoms with Crippen molar-refractivity contribution in [3.63, 3.8) is 0 Å². The monoisotopic (exact) mass is 535 g/mol. The molecule has 0 spiro atoms. The van der Waals surface area contributed by atoms with Gasteiger partial charge in [0.05, 0.1) is 11.3 Å². The number of anilines is 1. The van der Waals surface area contributed by atoms with Gasteiger partial charge in [-0.15, -0.1) is 28.1 Å². The van der Waals surface area contributed by atoms with Crippen LogP contribution in [0, 0.1) is 25.2 Å². The van der Waals surface area contributed by atoms with E-state index in [0.29, 0.717) is 28.1 Å². The molecule has 0 saturated heterocycles. The van der Waals surface area contributed by atoms with E-state index < -0.39 is 0 Å². The summed E-state index contributed by atoms with van der Waals surface area (Å²) < 4.78 is 8.07. The second-order valence-electron chi connectivity index (χ2n) is 9.32. The van der Waals surface area contributed by atoms with Crippen molar-refractivity contribution in [3.8, 4) is 11.8 Å². The summed E-state index contributed by atoms with van der Waals surface area (Å²) in [4.78, 5) is 14.1. The van der Waals surface area contributed by atoms with Crippen molar-refractivity contribution >= 4 is 34.0 Å². The van der Waals surface area contributed by atoms with E-state index in [4.69, 9.17) is 4.74 Å². The van der Waals surface area contributed by atoms with Gasteiger partial charge in [0.2, 0.25) is 5.91 Å². The summed E-state index contributed by atoms with van der Waals surface area (Å²) >= 11 is 2.87. The first-order valence-corrected chi connectivity index (χ1v) is 14.5. The largest absolute Gasteiger partial charge is 0.483 e. The highest BCUT2D eigenvalue weighted by molar-refractivity contribution is 7.99. The predicted octanol–water partition coefficient (Wildman–Crippen LogP) is 6.54. The summed E-state index contributed by atoms with van der Waals surface area (Å²) in [5.41, 5.74) is 4.14. The zero-order valence-corrected chi connectivity index (χ0v) is 23.3. The number of benzene rings is 1. The van der Waals surface area contributed by atoms with Crippen molar-refractivity contribution in [1.82, 2.24) is 14.8 Å². The van der Waals surface area contributed by atoms with Gasteiger partial charge in [-0.3, -0.25) is 9.36 Å². The van der Waals surface area contributed by atoms with Crippen molar-refractivity contribution < 1.29 is 9.53 Å². The van der Waals surface area contributed by atoms with Gasteiger partial charge in [0.15, 0.2) is 17.1 Å². The lowest BCUT2D eigenvalue weighted by Crippen LogP contribution is -2.15. The van der Waals surface area contributed by atoms with Gasteiger partial charge in [-0.05, 0) is 75.3 Å². The van der Waals surface area contributed by atoms with E-state index in [1.807, 2.05) is 29.7 Å². The maximum atomic E-state index is 12.9. The highest BCUT2D eigenvalue weighted by atomic mass is 32.2. The number of amides is 1. The number of thioether (sulfide) groups is 1. The Labute approximate surface area is 226 Å². The number of ether oxygens (including phenoxy) is 1. The van der Waals surface area contributed by atoms with Gasteiger partial charge >= 0.3 is 0 Å². The molecule has 2 aromatic heterocycles. The summed E-state index contributed by atoms with van der Waals surface area (Å²) in [6.07, 6.45) is 7.98. The number of hydrogen-bond acceptors (Lipinski definition) is 7. The van der Waals surface area contributed by atoms with Crippen molar-refractivity contribution in [1.29, 1.82) is 5.26 Å². The van der Waals surface area contributed by atoms with Gasteiger partial charge in [-0.1, -0.05) is 36.7 Å². The Balaban J connectivity index is 1.44. The molecule has 9 heteroatoms. The van der Waals surface area contributed by atoms with E-state index in [2.05, 4.69) is 42.0 Å². The van der Waals surface area contributed by atoms with Gasteiger partial charge in [-0.2, -0.15) is 5.26 Å². The van der Waals surface area contributed by atoms with E-state index in [1.165, 1.54) is 35.0 Å². The molecule has 1 atom stereocenters. The maximum Gasteiger partial charge on any atom is 0.235 e. The molecule has 0 bridgehead atoms. The molecule has 1 aliphatic rings. The number of aryl methyl sites for hydroxylation is 3. The van der Waals surface area contributed by atoms with Crippen LogP contribution >= 0.6 is 23.1 Å². The van der Waals surface area contributed by atoms with Crippen LogP contribution in [0.3, 0.4) is 0 Å². The third-order valence-electron chi connectivity index (χ3n) is 6.58. The molecule has 0 saturated carbocycles. The Bertz CT molecular complexity index is 1320. The van der Waals surface area contributed by atoms with Crippen molar-refractivity contribution in [2.45, 2.75) is 77.1 Å². The number of rotatable bonds is 9. The van der Waals surface area contributed by atoms with Crippen LogP contribution in [0.2, 0.25) is 0 Å². The molecule has 37 heavy (non-hydrogen) atoms. The lowest BCUT2D eigenvalue weighted by atomic mass is 9.97. The molecule has 1 aromatic carbocycles. The Morgan fingerprint density at radius 2 is 2.05 bits per heavy atom. The van der Waals surface area contributed by atoms with E-state index in [0.717, 1.165) is 42.6 Å². The fourth-order valence-electron chi connectivity index (χ4n) is 4.47. The lowest BCUT2D eigenvalue weighted by molar-refractivity contribution is -0.113. The molecule has 0 radical (unpaired) electrons. The molecule has 4 rings (SSSR count). The van der Waals surface area contributed by atoms with Gasteiger partial charge in [0.1, 0.15) is 16.8 Å². The first-order chi connectivity index (χ1) is 17.9. The zero-order chi connectivity index (χ0) is 26.4. The quantitative estimate of drug-likeness (QED) is 0.247. The number of carbonyl (C=O) groups excluding carboxylic acids is 1. The average Bonchev–Trinajstić information content (AvgIpc) is 3.40. The molecule has 1 N–H and O–H groups in total. The van der Waals surface area contributed by atoms with Gasteiger partial charge in [0, 0.05) is 11.4 Å². The first-order valence-electron chi connectivity index (χ1n) is 12.7. The predicted molar refractivity (Wildman–Crippen MR) is 149 cm³/mol. The molecular formula is C28H33N5O2S2. The number of thiophene rings is 1. The Morgan fingerprint density at radius 3 is 2.78 bits per heavy atom. The molecule has 2 heterocycles. The van der Waals surface area contributed by atoms with Gasteiger partial charge < -0.3 is 10.1 Å². The molecule has 3 aromatic rings. The minimum absolute atomic E-state index is 0.162. The van der Waals surface area contributed by atoms with E-state index >= 15 is 0 Å². The number of nitrogens with zero attached hydrogens (tertiary/aromatic N) is 4. The normalized spacial score (nSPS) is 14.1. The highest BCUT2D eigenvalue weighted by Gasteiger charge is 2.22. The summed E-state index contributed by atoms with van der Waals surface area (Å²) in [5, 5.41) is 22.8. The minimum Gasteiger partial charge on any atom is -0.483 e. The van der Waals surface area contributed by atoms with E-state index in [9.17, 15) is 10.1 Å². The third-order valence-corrected chi connectivity index (χ3v) is 8.75. The van der Waals surface area contributed by atoms with Crippen molar-refractivity contribution in [2.75, 3.05) is 11.1 Å². The number of fused-ring (bicyclic) bond motifs is 1. The number of nitriles is 1. The van der Waals surface area contributed by atoms with Crippen LogP contribution in [0.15, 0.2) is 36.0 Å². The third kappa shape index (κ3) is 6.43. The molecule has 7 nitrogen and oxygen atoms in total. The number of carbonyl (C=O) groups is 1. The van der Waals surface area contributed by atoms with Gasteiger partial charge in [0.25, 0.3) is 0 Å². The number of hydrogen-bond donors (Lipinski definition) is 1. The summed E-state index contributed by atoms with van der Waals surface area (Å²) in [7, 11) is 0. The highest BCUT2D eigenvalue weighted by Crippen LogP contribution is 2.36. The van der Waals surface area contributed by atoms with E-state index in [1.54, 1.807) is 17.4 Å². The first kappa shape index (κ1) is 27.0. The lowest BCUT2D eigenvalue weighted by Gasteiger charge is -2.16. The molecule has 0 aliphatic heterocycles. The van der Waals surface area contributed by atoms with Crippen LogP contribution in [0.4, 0.5) is 5.00 Å². The standard InChI is InChI=1S/C28H33N5O2S2/c1-5-14-33-26(20(4)35-21-13-12-18(2)19(3)15-21)31-32-28(33)36-17-25(34)30-27-23(16-29)22-10-8-6-7-9-11-24(22)37-27/h5,12-13,15,20H,1,6-11,14,17H2,2-4H3,(H,30,34). The minimum atomic E-state index is -0.332. The maximum absolute atomic E-state index is 12.9. The van der Waals surface area contributed by atoms with Crippen LogP contribution in [-0.4, -0.2) is 26.4 Å². The summed E-state index contributed by atoms with van der Waals surface area (Å²) in [5.74, 6) is 1.45. The molecular weight excluding hydrogens is 502 g/mol.